The second kappa shape index (κ2) is 7.87. The largest absolute Gasteiger partial charge is 0.434 e. The molecule has 2 atom stereocenters. The van der Waals surface area contributed by atoms with Gasteiger partial charge in [-0.3, -0.25) is 0 Å². The Balaban J connectivity index is 1.44. The zero-order valence-corrected chi connectivity index (χ0v) is 20.9. The highest BCUT2D eigenvalue weighted by molar-refractivity contribution is 5.84. The summed E-state index contributed by atoms with van der Waals surface area (Å²) in [5.41, 5.74) is 10.3. The van der Waals surface area contributed by atoms with Gasteiger partial charge in [-0.05, 0) is 44.5 Å². The summed E-state index contributed by atoms with van der Waals surface area (Å²) >= 11 is 0. The summed E-state index contributed by atoms with van der Waals surface area (Å²) in [6, 6.07) is 10.7. The van der Waals surface area contributed by atoms with E-state index in [1.165, 1.54) is 0 Å². The van der Waals surface area contributed by atoms with Gasteiger partial charge in [-0.25, -0.2) is 15.0 Å². The fraction of sp³-hybridized carbons (Fsp3) is 0.296. The van der Waals surface area contributed by atoms with Gasteiger partial charge in [-0.15, -0.1) is 10.2 Å². The van der Waals surface area contributed by atoms with Crippen LogP contribution in [0.2, 0.25) is 0 Å². The highest BCUT2D eigenvalue weighted by Crippen LogP contribution is 2.52. The van der Waals surface area contributed by atoms with Crippen LogP contribution < -0.4 is 10.5 Å². The van der Waals surface area contributed by atoms with Crippen LogP contribution in [0.1, 0.15) is 55.4 Å². The summed E-state index contributed by atoms with van der Waals surface area (Å²) in [5, 5.41) is 8.73. The molecule has 0 fully saturated rings. The smallest absolute Gasteiger partial charge is 0.387 e. The predicted octanol–water partition coefficient (Wildman–Crippen LogP) is 4.75. The standard InChI is InChI=1S/C27H24F2N8O/c1-13-34-35-23-16-5-4-6-21(38-26(28)29)22(16)19-10-20(36(13)23)24-33-17-8-7-14(9-18(17)37(19)24)15-11-31-25(32-12-15)27(2,3)30/h4-9,11-12,19-20,26H,10,30H2,1-3H3/t19-,20-/m1/s1. The molecule has 5 aromatic rings. The molecule has 192 valence electrons. The third-order valence-corrected chi connectivity index (χ3v) is 7.37. The maximum Gasteiger partial charge on any atom is 0.387 e. The molecule has 0 radical (unpaired) electrons. The van der Waals surface area contributed by atoms with Crippen molar-refractivity contribution in [2.24, 2.45) is 5.73 Å². The van der Waals surface area contributed by atoms with Crippen molar-refractivity contribution in [2.45, 2.75) is 51.4 Å². The number of benzene rings is 2. The van der Waals surface area contributed by atoms with E-state index in [9.17, 15) is 8.78 Å². The summed E-state index contributed by atoms with van der Waals surface area (Å²) in [6.07, 6.45) is 4.15. The Morgan fingerprint density at radius 3 is 2.55 bits per heavy atom. The van der Waals surface area contributed by atoms with Crippen molar-refractivity contribution in [1.82, 2.24) is 34.3 Å². The maximum absolute atomic E-state index is 13.5. The average Bonchev–Trinajstić information content (AvgIpc) is 3.51. The Bertz CT molecular complexity index is 1720. The number of hydrogen-bond donors (Lipinski definition) is 1. The molecular weight excluding hydrogens is 490 g/mol. The number of alkyl halides is 2. The Hall–Kier alpha value is -4.25. The normalized spacial score (nSPS) is 17.9. The number of aromatic nitrogens is 7. The number of imidazole rings is 1. The lowest BCUT2D eigenvalue weighted by Gasteiger charge is -2.21. The van der Waals surface area contributed by atoms with Gasteiger partial charge in [0.1, 0.15) is 23.2 Å². The van der Waals surface area contributed by atoms with E-state index >= 15 is 0 Å². The van der Waals surface area contributed by atoms with Crippen LogP contribution in [0.5, 0.6) is 5.75 Å². The molecular formula is C27H24F2N8O. The van der Waals surface area contributed by atoms with E-state index < -0.39 is 12.2 Å². The molecule has 7 rings (SSSR count). The molecule has 11 heteroatoms. The van der Waals surface area contributed by atoms with Crippen molar-refractivity contribution in [3.05, 3.63) is 71.8 Å². The first-order valence-corrected chi connectivity index (χ1v) is 12.3. The molecule has 0 aliphatic carbocycles. The van der Waals surface area contributed by atoms with Crippen molar-refractivity contribution < 1.29 is 13.5 Å². The van der Waals surface area contributed by atoms with Crippen molar-refractivity contribution in [1.29, 1.82) is 0 Å². The number of ether oxygens (including phenoxy) is 1. The monoisotopic (exact) mass is 514 g/mol. The van der Waals surface area contributed by atoms with Crippen LogP contribution in [-0.4, -0.2) is 40.9 Å². The summed E-state index contributed by atoms with van der Waals surface area (Å²) in [5.74, 6) is 2.89. The van der Waals surface area contributed by atoms with Gasteiger partial charge in [0.2, 0.25) is 0 Å². The molecule has 3 aromatic heterocycles. The van der Waals surface area contributed by atoms with E-state index in [0.29, 0.717) is 23.6 Å². The van der Waals surface area contributed by atoms with Crippen LogP contribution in [-0.2, 0) is 5.54 Å². The van der Waals surface area contributed by atoms with E-state index in [1.54, 1.807) is 24.5 Å². The molecule has 0 saturated heterocycles. The molecule has 0 unspecified atom stereocenters. The number of halogens is 2. The number of nitrogens with two attached hydrogens (primary N) is 1. The fourth-order valence-electron chi connectivity index (χ4n) is 5.76. The van der Waals surface area contributed by atoms with Crippen molar-refractivity contribution in [2.75, 3.05) is 0 Å². The minimum Gasteiger partial charge on any atom is -0.434 e. The molecule has 2 aliphatic rings. The van der Waals surface area contributed by atoms with Gasteiger partial charge < -0.3 is 19.6 Å². The molecule has 9 nitrogen and oxygen atoms in total. The Labute approximate surface area is 216 Å². The second-order valence-corrected chi connectivity index (χ2v) is 10.4. The Morgan fingerprint density at radius 2 is 1.82 bits per heavy atom. The summed E-state index contributed by atoms with van der Waals surface area (Å²) in [4.78, 5) is 13.9. The number of fused-ring (bicyclic) bond motifs is 6. The van der Waals surface area contributed by atoms with E-state index in [0.717, 1.165) is 39.4 Å². The number of aryl methyl sites for hydroxylation is 1. The number of hydrogen-bond acceptors (Lipinski definition) is 7. The first-order chi connectivity index (χ1) is 18.2. The zero-order valence-electron chi connectivity index (χ0n) is 20.9. The molecule has 5 heterocycles. The first kappa shape index (κ1) is 22.9. The molecule has 2 aromatic carbocycles. The summed E-state index contributed by atoms with van der Waals surface area (Å²) in [7, 11) is 0. The third kappa shape index (κ3) is 3.27. The third-order valence-electron chi connectivity index (χ3n) is 7.37. The average molecular weight is 515 g/mol. The molecule has 0 spiro atoms. The first-order valence-electron chi connectivity index (χ1n) is 12.3. The summed E-state index contributed by atoms with van der Waals surface area (Å²) in [6.45, 7) is 2.66. The van der Waals surface area contributed by atoms with Crippen molar-refractivity contribution in [3.8, 4) is 28.3 Å². The van der Waals surface area contributed by atoms with Gasteiger partial charge in [-0.1, -0.05) is 18.2 Å². The van der Waals surface area contributed by atoms with E-state index in [1.807, 2.05) is 45.0 Å². The predicted molar refractivity (Wildman–Crippen MR) is 136 cm³/mol. The van der Waals surface area contributed by atoms with Gasteiger partial charge >= 0.3 is 6.61 Å². The topological polar surface area (TPSA) is 110 Å². The molecule has 38 heavy (non-hydrogen) atoms. The van der Waals surface area contributed by atoms with Gasteiger partial charge in [-0.2, -0.15) is 8.78 Å². The quantitative estimate of drug-likeness (QED) is 0.369. The number of nitrogens with zero attached hydrogens (tertiary/aromatic N) is 7. The lowest BCUT2D eigenvalue weighted by atomic mass is 9.97. The van der Waals surface area contributed by atoms with Gasteiger partial charge in [0.05, 0.1) is 28.7 Å². The van der Waals surface area contributed by atoms with Crippen LogP contribution in [0, 0.1) is 6.92 Å². The second-order valence-electron chi connectivity index (χ2n) is 10.4. The van der Waals surface area contributed by atoms with Crippen molar-refractivity contribution in [3.63, 3.8) is 0 Å². The van der Waals surface area contributed by atoms with E-state index in [2.05, 4.69) is 29.3 Å². The molecule has 0 amide bonds. The lowest BCUT2D eigenvalue weighted by Crippen LogP contribution is -2.31. The van der Waals surface area contributed by atoms with Crippen LogP contribution in [0.25, 0.3) is 33.5 Å². The number of rotatable bonds is 4. The van der Waals surface area contributed by atoms with E-state index in [4.69, 9.17) is 15.5 Å². The van der Waals surface area contributed by atoms with Gasteiger partial charge in [0.15, 0.2) is 5.82 Å². The molecule has 2 aliphatic heterocycles. The Kier molecular flexibility index (Phi) is 4.75. The fourth-order valence-corrected chi connectivity index (χ4v) is 5.76. The highest BCUT2D eigenvalue weighted by atomic mass is 19.3. The zero-order chi connectivity index (χ0) is 26.3. The minimum atomic E-state index is -2.95. The molecule has 2 N–H and O–H groups in total. The maximum atomic E-state index is 13.5. The van der Waals surface area contributed by atoms with Crippen molar-refractivity contribution >= 4 is 11.0 Å². The SMILES string of the molecule is Cc1nnc2n1[C@@H]1C[C@H](c3c(OC(F)F)cccc3-2)n2c1nc1ccc(-c3cnc(C(C)(C)N)nc3)cc12. The minimum absolute atomic E-state index is 0.134. The van der Waals surface area contributed by atoms with Crippen LogP contribution >= 0.6 is 0 Å². The Morgan fingerprint density at radius 1 is 1.03 bits per heavy atom. The van der Waals surface area contributed by atoms with Gasteiger partial charge in [0, 0.05) is 35.5 Å². The highest BCUT2D eigenvalue weighted by Gasteiger charge is 2.43. The summed E-state index contributed by atoms with van der Waals surface area (Å²) < 4.78 is 36.2. The van der Waals surface area contributed by atoms with Gasteiger partial charge in [0.25, 0.3) is 0 Å². The molecule has 0 saturated carbocycles. The van der Waals surface area contributed by atoms with Crippen LogP contribution in [0.15, 0.2) is 48.8 Å². The lowest BCUT2D eigenvalue weighted by molar-refractivity contribution is -0.0506. The van der Waals surface area contributed by atoms with Crippen LogP contribution in [0.4, 0.5) is 8.78 Å². The van der Waals surface area contributed by atoms with Crippen LogP contribution in [0.3, 0.4) is 0 Å². The molecule has 2 bridgehead atoms. The van der Waals surface area contributed by atoms with E-state index in [-0.39, 0.29) is 17.8 Å².